The summed E-state index contributed by atoms with van der Waals surface area (Å²) in [5.41, 5.74) is 18.6. The maximum absolute atomic E-state index is 2.49. The van der Waals surface area contributed by atoms with Crippen molar-refractivity contribution in [3.05, 3.63) is 181 Å². The minimum absolute atomic E-state index is 1.10. The van der Waals surface area contributed by atoms with Gasteiger partial charge in [-0.1, -0.05) is 299 Å². The molecule has 0 bridgehead atoms. The maximum Gasteiger partial charge on any atom is -0.00110 e. The van der Waals surface area contributed by atoms with Gasteiger partial charge in [0.25, 0.3) is 0 Å². The van der Waals surface area contributed by atoms with Gasteiger partial charge in [0.15, 0.2) is 0 Å². The summed E-state index contributed by atoms with van der Waals surface area (Å²) in [7, 11) is 0. The second-order valence-corrected chi connectivity index (χ2v) is 18.9. The normalized spacial score (nSPS) is 11.3. The standard InChI is InChI=1S/C66H78/c1-3-5-7-9-11-13-15-17-19-26-39-53-50-38-52-60(59(53)51-37-20-18-16-14-12-10-8-6-4-2)66-64(57-46-33-24-34-47-57)62(55-42-29-22-30-43-55)61(54-40-27-21-28-41-54)63(56-44-31-23-32-45-56)65(66)58-48-35-25-36-49-58/h21-25,27-36,38,40-50,52H,3-20,26,37,39,51H2,1-2H3. The average molecular weight is 871 g/mol. The lowest BCUT2D eigenvalue weighted by atomic mass is 9.73. The van der Waals surface area contributed by atoms with E-state index < -0.39 is 0 Å². The molecule has 0 aliphatic rings. The van der Waals surface area contributed by atoms with E-state index in [1.54, 1.807) is 11.1 Å². The van der Waals surface area contributed by atoms with E-state index in [0.29, 0.717) is 0 Å². The van der Waals surface area contributed by atoms with Crippen LogP contribution in [0.15, 0.2) is 170 Å². The van der Waals surface area contributed by atoms with Gasteiger partial charge in [0.2, 0.25) is 0 Å². The summed E-state index contributed by atoms with van der Waals surface area (Å²) in [6.45, 7) is 4.63. The first-order chi connectivity index (χ1) is 32.8. The number of hydrogen-bond donors (Lipinski definition) is 0. The van der Waals surface area contributed by atoms with E-state index in [2.05, 4.69) is 184 Å². The summed E-state index contributed by atoms with van der Waals surface area (Å²) in [5, 5.41) is 0. The topological polar surface area (TPSA) is 0 Å². The van der Waals surface area contributed by atoms with Gasteiger partial charge in [0.1, 0.15) is 0 Å². The SMILES string of the molecule is CCCCCCCCCCCCc1cccc(-c2c(-c3ccccc3)c(-c3ccccc3)c(-c3ccccc3)c(-c3ccccc3)c2-c2ccccc2)c1CCCCCCCCCCCC. The molecule has 7 rings (SSSR count). The maximum atomic E-state index is 2.49. The molecule has 0 saturated carbocycles. The van der Waals surface area contributed by atoms with E-state index in [-0.39, 0.29) is 0 Å². The van der Waals surface area contributed by atoms with Crippen molar-refractivity contribution >= 4 is 0 Å². The number of unbranched alkanes of at least 4 members (excludes halogenated alkanes) is 18. The van der Waals surface area contributed by atoms with E-state index in [1.807, 2.05) is 0 Å². The highest BCUT2D eigenvalue weighted by Gasteiger charge is 2.30. The molecule has 0 amide bonds. The number of rotatable bonds is 28. The van der Waals surface area contributed by atoms with Crippen molar-refractivity contribution in [3.63, 3.8) is 0 Å². The second kappa shape index (κ2) is 27.2. The molecule has 0 radical (unpaired) electrons. The molecule has 0 saturated heterocycles. The van der Waals surface area contributed by atoms with Crippen LogP contribution in [0.25, 0.3) is 66.8 Å². The lowest BCUT2D eigenvalue weighted by Gasteiger charge is -2.30. The van der Waals surface area contributed by atoms with Gasteiger partial charge in [-0.2, -0.15) is 0 Å². The van der Waals surface area contributed by atoms with Gasteiger partial charge in [-0.25, -0.2) is 0 Å². The molecule has 0 nitrogen and oxygen atoms in total. The first kappa shape index (κ1) is 48.5. The van der Waals surface area contributed by atoms with Gasteiger partial charge in [-0.3, -0.25) is 0 Å². The van der Waals surface area contributed by atoms with Crippen molar-refractivity contribution < 1.29 is 0 Å². The molecular weight excluding hydrogens is 793 g/mol. The Morgan fingerprint density at radius 1 is 0.227 bits per heavy atom. The van der Waals surface area contributed by atoms with Crippen LogP contribution in [0, 0.1) is 0 Å². The molecule has 0 unspecified atom stereocenters. The first-order valence-electron chi connectivity index (χ1n) is 26.4. The number of hydrogen-bond acceptors (Lipinski definition) is 0. The molecule has 0 aliphatic heterocycles. The molecular formula is C66H78. The molecule has 7 aromatic carbocycles. The fourth-order valence-corrected chi connectivity index (χ4v) is 10.5. The third-order valence-corrected chi connectivity index (χ3v) is 13.9. The minimum atomic E-state index is 1.10. The van der Waals surface area contributed by atoms with Gasteiger partial charge in [0.05, 0.1) is 0 Å². The van der Waals surface area contributed by atoms with E-state index in [0.717, 1.165) is 12.8 Å². The zero-order valence-corrected chi connectivity index (χ0v) is 40.7. The molecule has 342 valence electrons. The van der Waals surface area contributed by atoms with Gasteiger partial charge in [-0.15, -0.1) is 0 Å². The minimum Gasteiger partial charge on any atom is -0.0654 e. The quantitative estimate of drug-likeness (QED) is 0.0430. The largest absolute Gasteiger partial charge is 0.0654 e. The van der Waals surface area contributed by atoms with Crippen LogP contribution < -0.4 is 0 Å². The third kappa shape index (κ3) is 13.3. The van der Waals surface area contributed by atoms with E-state index in [4.69, 9.17) is 0 Å². The van der Waals surface area contributed by atoms with Crippen LogP contribution in [0.3, 0.4) is 0 Å². The lowest BCUT2D eigenvalue weighted by Crippen LogP contribution is -2.05. The van der Waals surface area contributed by atoms with Gasteiger partial charge in [-0.05, 0) is 104 Å². The Morgan fingerprint density at radius 3 is 0.818 bits per heavy atom. The van der Waals surface area contributed by atoms with E-state index in [1.165, 1.54) is 195 Å². The highest BCUT2D eigenvalue weighted by molar-refractivity contribution is 6.15. The smallest absolute Gasteiger partial charge is 0.00110 e. The number of aryl methyl sites for hydroxylation is 1. The van der Waals surface area contributed by atoms with Crippen LogP contribution in [0.2, 0.25) is 0 Å². The monoisotopic (exact) mass is 871 g/mol. The van der Waals surface area contributed by atoms with Gasteiger partial charge in [0, 0.05) is 0 Å². The molecule has 0 heteroatoms. The Hall–Kier alpha value is -5.46. The zero-order valence-electron chi connectivity index (χ0n) is 40.7. The molecule has 0 aromatic heterocycles. The Bertz CT molecular complexity index is 2310. The summed E-state index contributed by atoms with van der Waals surface area (Å²) in [5.74, 6) is 0. The predicted octanol–water partition coefficient (Wildman–Crippen LogP) is 20.6. The Balaban J connectivity index is 1.42. The van der Waals surface area contributed by atoms with E-state index >= 15 is 0 Å². The van der Waals surface area contributed by atoms with Crippen molar-refractivity contribution in [1.82, 2.24) is 0 Å². The highest BCUT2D eigenvalue weighted by Crippen LogP contribution is 2.56. The second-order valence-electron chi connectivity index (χ2n) is 18.9. The predicted molar refractivity (Wildman–Crippen MR) is 290 cm³/mol. The van der Waals surface area contributed by atoms with Crippen LogP contribution in [0.4, 0.5) is 0 Å². The molecule has 0 heterocycles. The lowest BCUT2D eigenvalue weighted by molar-refractivity contribution is 0.553. The molecule has 0 spiro atoms. The van der Waals surface area contributed by atoms with E-state index in [9.17, 15) is 0 Å². The molecule has 0 aliphatic carbocycles. The highest BCUT2D eigenvalue weighted by atomic mass is 14.3. The summed E-state index contributed by atoms with van der Waals surface area (Å²) in [4.78, 5) is 0. The van der Waals surface area contributed by atoms with Gasteiger partial charge >= 0.3 is 0 Å². The molecule has 7 aromatic rings. The number of benzene rings is 7. The fourth-order valence-electron chi connectivity index (χ4n) is 10.5. The fraction of sp³-hybridized carbons (Fsp3) is 0.364. The zero-order chi connectivity index (χ0) is 45.4. The first-order valence-corrected chi connectivity index (χ1v) is 26.4. The summed E-state index contributed by atoms with van der Waals surface area (Å²) in [6, 6.07) is 63.8. The summed E-state index contributed by atoms with van der Waals surface area (Å²) < 4.78 is 0. The van der Waals surface area contributed by atoms with Crippen LogP contribution in [-0.2, 0) is 12.8 Å². The molecule has 0 atom stereocenters. The summed E-state index contributed by atoms with van der Waals surface area (Å²) >= 11 is 0. The average Bonchev–Trinajstić information content (AvgIpc) is 3.38. The van der Waals surface area contributed by atoms with Crippen LogP contribution in [-0.4, -0.2) is 0 Å². The van der Waals surface area contributed by atoms with Crippen LogP contribution >= 0.6 is 0 Å². The Labute approximate surface area is 401 Å². The van der Waals surface area contributed by atoms with Crippen molar-refractivity contribution in [1.29, 1.82) is 0 Å². The Morgan fingerprint density at radius 2 is 0.500 bits per heavy atom. The Kier molecular flexibility index (Phi) is 20.0. The molecule has 0 fully saturated rings. The van der Waals surface area contributed by atoms with Crippen molar-refractivity contribution in [3.8, 4) is 66.8 Å². The third-order valence-electron chi connectivity index (χ3n) is 13.9. The van der Waals surface area contributed by atoms with Crippen LogP contribution in [0.1, 0.15) is 153 Å². The van der Waals surface area contributed by atoms with Crippen LogP contribution in [0.5, 0.6) is 0 Å². The van der Waals surface area contributed by atoms with Crippen molar-refractivity contribution in [2.24, 2.45) is 0 Å². The molecule has 0 N–H and O–H groups in total. The van der Waals surface area contributed by atoms with Crippen molar-refractivity contribution in [2.75, 3.05) is 0 Å². The molecule has 66 heavy (non-hydrogen) atoms. The summed E-state index contributed by atoms with van der Waals surface area (Å²) in [6.07, 6.45) is 29.3. The van der Waals surface area contributed by atoms with Gasteiger partial charge < -0.3 is 0 Å². The van der Waals surface area contributed by atoms with Crippen molar-refractivity contribution in [2.45, 2.75) is 155 Å².